The van der Waals surface area contributed by atoms with Gasteiger partial charge in [-0.1, -0.05) is 11.6 Å². The minimum absolute atomic E-state index is 0.0380. The zero-order valence-corrected chi connectivity index (χ0v) is 14.1. The van der Waals surface area contributed by atoms with Crippen LogP contribution >= 0.6 is 11.6 Å². The Morgan fingerprint density at radius 2 is 2.05 bits per heavy atom. The summed E-state index contributed by atoms with van der Waals surface area (Å²) in [5.41, 5.74) is 0.909. The predicted octanol–water partition coefficient (Wildman–Crippen LogP) is 3.09. The van der Waals surface area contributed by atoms with Crippen LogP contribution in [0.1, 0.15) is 33.4 Å². The minimum Gasteiger partial charge on any atom is -0.383 e. The van der Waals surface area contributed by atoms with E-state index in [0.29, 0.717) is 18.2 Å². The van der Waals surface area contributed by atoms with Crippen LogP contribution in [0.5, 0.6) is 0 Å². The maximum Gasteiger partial charge on any atom is 0.129 e. The highest BCUT2D eigenvalue weighted by Crippen LogP contribution is 2.20. The molecule has 0 aromatic carbocycles. The lowest BCUT2D eigenvalue weighted by Gasteiger charge is -2.26. The molecule has 0 aliphatic rings. The van der Waals surface area contributed by atoms with Crippen LogP contribution in [-0.2, 0) is 11.3 Å². The maximum absolute atomic E-state index is 6.22. The molecule has 0 saturated carbocycles. The van der Waals surface area contributed by atoms with Crippen LogP contribution in [0.15, 0.2) is 12.1 Å². The van der Waals surface area contributed by atoms with Gasteiger partial charge < -0.3 is 15.0 Å². The van der Waals surface area contributed by atoms with Gasteiger partial charge >= 0.3 is 0 Å². The van der Waals surface area contributed by atoms with Crippen molar-refractivity contribution in [3.05, 3.63) is 22.8 Å². The average molecular weight is 300 g/mol. The second-order valence-corrected chi connectivity index (χ2v) is 6.52. The first-order valence-corrected chi connectivity index (χ1v) is 7.24. The number of methoxy groups -OCH3 is 1. The maximum atomic E-state index is 6.22. The van der Waals surface area contributed by atoms with E-state index in [1.807, 2.05) is 19.2 Å². The largest absolute Gasteiger partial charge is 0.383 e. The van der Waals surface area contributed by atoms with E-state index < -0.39 is 0 Å². The molecule has 0 fully saturated rings. The molecule has 114 valence electrons. The SMILES string of the molecule is COCC(C)N(C)c1ccc(Cl)c(CNC(C)(C)C)n1. The first-order chi connectivity index (χ1) is 9.24. The monoisotopic (exact) mass is 299 g/mol. The third-order valence-corrected chi connectivity index (χ3v) is 3.46. The minimum atomic E-state index is 0.0380. The van der Waals surface area contributed by atoms with E-state index in [-0.39, 0.29) is 11.6 Å². The molecule has 1 unspecified atom stereocenters. The molecule has 1 atom stereocenters. The first kappa shape index (κ1) is 17.2. The normalized spacial score (nSPS) is 13.3. The Labute approximate surface area is 127 Å². The molecule has 0 spiro atoms. The summed E-state index contributed by atoms with van der Waals surface area (Å²) in [4.78, 5) is 6.75. The van der Waals surface area contributed by atoms with Crippen molar-refractivity contribution in [2.24, 2.45) is 0 Å². The molecule has 1 heterocycles. The number of rotatable bonds is 6. The number of nitrogens with one attached hydrogen (secondary N) is 1. The number of nitrogens with zero attached hydrogens (tertiary/aromatic N) is 2. The quantitative estimate of drug-likeness (QED) is 0.876. The zero-order chi connectivity index (χ0) is 15.3. The lowest BCUT2D eigenvalue weighted by Crippen LogP contribution is -2.36. The number of likely N-dealkylation sites (N-methyl/N-ethyl adjacent to an activating group) is 1. The molecule has 5 heteroatoms. The van der Waals surface area contributed by atoms with E-state index in [9.17, 15) is 0 Å². The van der Waals surface area contributed by atoms with Crippen LogP contribution < -0.4 is 10.2 Å². The van der Waals surface area contributed by atoms with Crippen molar-refractivity contribution >= 4 is 17.4 Å². The van der Waals surface area contributed by atoms with Gasteiger partial charge in [-0.05, 0) is 39.8 Å². The average Bonchev–Trinajstić information content (AvgIpc) is 2.36. The predicted molar refractivity (Wildman–Crippen MR) is 85.6 cm³/mol. The summed E-state index contributed by atoms with van der Waals surface area (Å²) < 4.78 is 5.18. The highest BCUT2D eigenvalue weighted by molar-refractivity contribution is 6.31. The van der Waals surface area contributed by atoms with Gasteiger partial charge in [-0.3, -0.25) is 0 Å². The molecule has 0 aliphatic heterocycles. The lowest BCUT2D eigenvalue weighted by molar-refractivity contribution is 0.183. The summed E-state index contributed by atoms with van der Waals surface area (Å²) in [7, 11) is 3.72. The van der Waals surface area contributed by atoms with E-state index in [1.54, 1.807) is 7.11 Å². The van der Waals surface area contributed by atoms with E-state index in [4.69, 9.17) is 16.3 Å². The van der Waals surface area contributed by atoms with Crippen LogP contribution in [0.25, 0.3) is 0 Å². The molecule has 1 rings (SSSR count). The summed E-state index contributed by atoms with van der Waals surface area (Å²) >= 11 is 6.22. The van der Waals surface area contributed by atoms with Crippen molar-refractivity contribution in [1.82, 2.24) is 10.3 Å². The molecule has 1 N–H and O–H groups in total. The molecule has 1 aromatic rings. The van der Waals surface area contributed by atoms with Crippen molar-refractivity contribution in [1.29, 1.82) is 0 Å². The number of hydrogen-bond acceptors (Lipinski definition) is 4. The number of aromatic nitrogens is 1. The Kier molecular flexibility index (Phi) is 6.24. The fourth-order valence-corrected chi connectivity index (χ4v) is 1.89. The summed E-state index contributed by atoms with van der Waals surface area (Å²) in [6.45, 7) is 9.79. The third-order valence-electron chi connectivity index (χ3n) is 3.12. The molecule has 0 bridgehead atoms. The second-order valence-electron chi connectivity index (χ2n) is 6.12. The van der Waals surface area contributed by atoms with Gasteiger partial charge in [0, 0.05) is 26.2 Å². The first-order valence-electron chi connectivity index (χ1n) is 6.87. The van der Waals surface area contributed by atoms with Crippen LogP contribution in [0, 0.1) is 0 Å². The van der Waals surface area contributed by atoms with E-state index in [2.05, 4.69) is 42.9 Å². The number of ether oxygens (including phenoxy) is 1. The number of pyridine rings is 1. The van der Waals surface area contributed by atoms with E-state index >= 15 is 0 Å². The van der Waals surface area contributed by atoms with E-state index in [1.165, 1.54) is 0 Å². The molecule has 0 amide bonds. The second kappa shape index (κ2) is 7.25. The highest BCUT2D eigenvalue weighted by atomic mass is 35.5. The van der Waals surface area contributed by atoms with Gasteiger partial charge in [-0.15, -0.1) is 0 Å². The van der Waals surface area contributed by atoms with Gasteiger partial charge in [-0.2, -0.15) is 0 Å². The van der Waals surface area contributed by atoms with Crippen LogP contribution in [0.3, 0.4) is 0 Å². The Balaban J connectivity index is 2.85. The molecular weight excluding hydrogens is 274 g/mol. The molecule has 0 radical (unpaired) electrons. The number of hydrogen-bond donors (Lipinski definition) is 1. The molecule has 20 heavy (non-hydrogen) atoms. The highest BCUT2D eigenvalue weighted by Gasteiger charge is 2.15. The Bertz CT molecular complexity index is 432. The Morgan fingerprint density at radius 3 is 2.60 bits per heavy atom. The fourth-order valence-electron chi connectivity index (χ4n) is 1.72. The van der Waals surface area contributed by atoms with E-state index in [0.717, 1.165) is 11.5 Å². The molecular formula is C15H26ClN3O. The Hall–Kier alpha value is -0.840. The van der Waals surface area contributed by atoms with Gasteiger partial charge in [0.2, 0.25) is 0 Å². The van der Waals surface area contributed by atoms with Crippen LogP contribution in [0.4, 0.5) is 5.82 Å². The summed E-state index contributed by atoms with van der Waals surface area (Å²) in [6, 6.07) is 4.10. The molecule has 4 nitrogen and oxygen atoms in total. The summed E-state index contributed by atoms with van der Waals surface area (Å²) in [5, 5.41) is 4.10. The van der Waals surface area contributed by atoms with Crippen molar-refractivity contribution < 1.29 is 4.74 Å². The molecule has 1 aromatic heterocycles. The standard InChI is InChI=1S/C15H26ClN3O/c1-11(10-20-6)19(5)14-8-7-12(16)13(18-14)9-17-15(2,3)4/h7-8,11,17H,9-10H2,1-6H3. The molecule has 0 saturated heterocycles. The van der Waals surface area contributed by atoms with Gasteiger partial charge in [0.15, 0.2) is 0 Å². The van der Waals surface area contributed by atoms with Gasteiger partial charge in [-0.25, -0.2) is 4.98 Å². The number of halogens is 1. The van der Waals surface area contributed by atoms with Crippen LogP contribution in [0.2, 0.25) is 5.02 Å². The van der Waals surface area contributed by atoms with Crippen molar-refractivity contribution in [2.75, 3.05) is 25.7 Å². The van der Waals surface area contributed by atoms with Gasteiger partial charge in [0.1, 0.15) is 5.82 Å². The third kappa shape index (κ3) is 5.27. The Morgan fingerprint density at radius 1 is 1.40 bits per heavy atom. The summed E-state index contributed by atoms with van der Waals surface area (Å²) in [6.07, 6.45) is 0. The zero-order valence-electron chi connectivity index (χ0n) is 13.3. The lowest BCUT2D eigenvalue weighted by atomic mass is 10.1. The van der Waals surface area contributed by atoms with Crippen molar-refractivity contribution in [2.45, 2.75) is 45.8 Å². The van der Waals surface area contributed by atoms with Crippen molar-refractivity contribution in [3.63, 3.8) is 0 Å². The molecule has 0 aliphatic carbocycles. The smallest absolute Gasteiger partial charge is 0.129 e. The fraction of sp³-hybridized carbons (Fsp3) is 0.667. The number of anilines is 1. The van der Waals surface area contributed by atoms with Crippen molar-refractivity contribution in [3.8, 4) is 0 Å². The van der Waals surface area contributed by atoms with Crippen LogP contribution in [-0.4, -0.2) is 37.3 Å². The summed E-state index contributed by atoms with van der Waals surface area (Å²) in [5.74, 6) is 0.907. The van der Waals surface area contributed by atoms with Gasteiger partial charge in [0.25, 0.3) is 0 Å². The topological polar surface area (TPSA) is 37.4 Å². The van der Waals surface area contributed by atoms with Gasteiger partial charge in [0.05, 0.1) is 23.4 Å².